The van der Waals surface area contributed by atoms with Crippen molar-refractivity contribution in [3.8, 4) is 17.1 Å². The van der Waals surface area contributed by atoms with Crippen molar-refractivity contribution in [2.45, 2.75) is 39.2 Å². The molecular weight excluding hydrogens is 266 g/mol. The predicted octanol–water partition coefficient (Wildman–Crippen LogP) is 2.68. The highest BCUT2D eigenvalue weighted by molar-refractivity contribution is 5.77. The lowest BCUT2D eigenvalue weighted by Gasteiger charge is -2.16. The quantitative estimate of drug-likeness (QED) is 0.826. The maximum absolute atomic E-state index is 6.14. The molecule has 1 aromatic carbocycles. The van der Waals surface area contributed by atoms with E-state index in [9.17, 15) is 0 Å². The van der Waals surface area contributed by atoms with Gasteiger partial charge in [0.2, 0.25) is 0 Å². The number of nitrogens with zero attached hydrogens (tertiary/aromatic N) is 4. The summed E-state index contributed by atoms with van der Waals surface area (Å²) < 4.78 is 7.55. The molecule has 1 fully saturated rings. The Bertz CT molecular complexity index is 620. The van der Waals surface area contributed by atoms with Crippen molar-refractivity contribution in [1.29, 1.82) is 0 Å². The Hall–Kier alpha value is -2.11. The third kappa shape index (κ3) is 2.84. The number of benzene rings is 1. The van der Waals surface area contributed by atoms with Gasteiger partial charge in [-0.15, -0.1) is 5.10 Å². The summed E-state index contributed by atoms with van der Waals surface area (Å²) in [5.41, 5.74) is 7.56. The van der Waals surface area contributed by atoms with Crippen molar-refractivity contribution in [3.63, 3.8) is 0 Å². The van der Waals surface area contributed by atoms with Crippen LogP contribution in [0.2, 0.25) is 0 Å². The molecule has 1 aliphatic carbocycles. The first kappa shape index (κ1) is 13.9. The highest BCUT2D eigenvalue weighted by Crippen LogP contribution is 2.39. The van der Waals surface area contributed by atoms with E-state index in [1.807, 2.05) is 29.8 Å². The monoisotopic (exact) mass is 287 g/mol. The standard InChI is InChI=1S/C15H21N5O/c1-3-21-13-6-4-5-12(16)14(13)15-17-18-19-20(15)10(2)9-11-7-8-11/h4-6,10-11H,3,7-9,16H2,1-2H3. The number of rotatable bonds is 6. The molecule has 6 nitrogen and oxygen atoms in total. The minimum absolute atomic E-state index is 0.261. The molecule has 0 amide bonds. The first-order valence-electron chi connectivity index (χ1n) is 7.50. The molecule has 0 radical (unpaired) electrons. The molecule has 2 aromatic rings. The number of anilines is 1. The van der Waals surface area contributed by atoms with Crippen LogP contribution in [0.4, 0.5) is 5.69 Å². The van der Waals surface area contributed by atoms with Crippen molar-refractivity contribution < 1.29 is 4.74 Å². The Morgan fingerprint density at radius 2 is 2.24 bits per heavy atom. The predicted molar refractivity (Wildman–Crippen MR) is 80.9 cm³/mol. The average Bonchev–Trinajstić information content (AvgIpc) is 3.14. The van der Waals surface area contributed by atoms with Crippen LogP contribution in [0.1, 0.15) is 39.2 Å². The Morgan fingerprint density at radius 3 is 2.95 bits per heavy atom. The van der Waals surface area contributed by atoms with E-state index in [4.69, 9.17) is 10.5 Å². The molecule has 0 aliphatic heterocycles. The van der Waals surface area contributed by atoms with Gasteiger partial charge in [0.1, 0.15) is 5.75 Å². The molecule has 1 saturated carbocycles. The van der Waals surface area contributed by atoms with Gasteiger partial charge in [-0.25, -0.2) is 4.68 Å². The zero-order valence-corrected chi connectivity index (χ0v) is 12.5. The third-order valence-corrected chi connectivity index (χ3v) is 3.86. The smallest absolute Gasteiger partial charge is 0.188 e. The summed E-state index contributed by atoms with van der Waals surface area (Å²) in [4.78, 5) is 0. The van der Waals surface area contributed by atoms with E-state index < -0.39 is 0 Å². The van der Waals surface area contributed by atoms with Gasteiger partial charge in [-0.1, -0.05) is 18.9 Å². The van der Waals surface area contributed by atoms with Crippen LogP contribution in [-0.2, 0) is 0 Å². The van der Waals surface area contributed by atoms with Crippen molar-refractivity contribution in [2.75, 3.05) is 12.3 Å². The van der Waals surface area contributed by atoms with E-state index in [0.717, 1.165) is 23.7 Å². The lowest BCUT2D eigenvalue weighted by Crippen LogP contribution is -2.11. The zero-order valence-electron chi connectivity index (χ0n) is 12.5. The summed E-state index contributed by atoms with van der Waals surface area (Å²) >= 11 is 0. The number of hydrogen-bond acceptors (Lipinski definition) is 5. The molecule has 1 atom stereocenters. The molecule has 6 heteroatoms. The van der Waals surface area contributed by atoms with Gasteiger partial charge in [0.15, 0.2) is 5.82 Å². The van der Waals surface area contributed by atoms with E-state index in [2.05, 4.69) is 22.4 Å². The maximum atomic E-state index is 6.14. The van der Waals surface area contributed by atoms with Gasteiger partial charge in [-0.05, 0) is 48.7 Å². The van der Waals surface area contributed by atoms with Gasteiger partial charge >= 0.3 is 0 Å². The minimum Gasteiger partial charge on any atom is -0.493 e. The molecule has 1 aliphatic rings. The van der Waals surface area contributed by atoms with Gasteiger partial charge in [-0.2, -0.15) is 0 Å². The van der Waals surface area contributed by atoms with E-state index in [-0.39, 0.29) is 6.04 Å². The lowest BCUT2D eigenvalue weighted by atomic mass is 10.1. The van der Waals surface area contributed by atoms with E-state index in [0.29, 0.717) is 18.1 Å². The van der Waals surface area contributed by atoms with Crippen molar-refractivity contribution in [1.82, 2.24) is 20.2 Å². The van der Waals surface area contributed by atoms with Gasteiger partial charge in [0.05, 0.1) is 18.2 Å². The van der Waals surface area contributed by atoms with Crippen molar-refractivity contribution in [2.24, 2.45) is 5.92 Å². The summed E-state index contributed by atoms with van der Waals surface area (Å²) in [6.07, 6.45) is 3.74. The average molecular weight is 287 g/mol. The largest absolute Gasteiger partial charge is 0.493 e. The summed E-state index contributed by atoms with van der Waals surface area (Å²) in [5.74, 6) is 2.23. The van der Waals surface area contributed by atoms with Crippen LogP contribution >= 0.6 is 0 Å². The highest BCUT2D eigenvalue weighted by atomic mass is 16.5. The Balaban J connectivity index is 1.98. The maximum Gasteiger partial charge on any atom is 0.188 e. The van der Waals surface area contributed by atoms with Crippen molar-refractivity contribution >= 4 is 5.69 Å². The first-order chi connectivity index (χ1) is 10.2. The normalized spacial score (nSPS) is 15.9. The number of nitrogen functional groups attached to an aromatic ring is 1. The second-order valence-electron chi connectivity index (χ2n) is 5.63. The second-order valence-corrected chi connectivity index (χ2v) is 5.63. The fraction of sp³-hybridized carbons (Fsp3) is 0.533. The van der Waals surface area contributed by atoms with Gasteiger partial charge in [0, 0.05) is 5.69 Å². The van der Waals surface area contributed by atoms with Crippen LogP contribution in [0.3, 0.4) is 0 Å². The zero-order chi connectivity index (χ0) is 14.8. The van der Waals surface area contributed by atoms with E-state index in [1.54, 1.807) is 0 Å². The number of tetrazole rings is 1. The van der Waals surface area contributed by atoms with Crippen molar-refractivity contribution in [3.05, 3.63) is 18.2 Å². The SMILES string of the molecule is CCOc1cccc(N)c1-c1nnnn1C(C)CC1CC1. The molecule has 1 unspecified atom stereocenters. The molecule has 112 valence electrons. The van der Waals surface area contributed by atoms with Crippen LogP contribution in [0.25, 0.3) is 11.4 Å². The summed E-state index contributed by atoms with van der Waals surface area (Å²) in [7, 11) is 0. The minimum atomic E-state index is 0.261. The molecule has 0 bridgehead atoms. The number of ether oxygens (including phenoxy) is 1. The molecular formula is C15H21N5O. The molecule has 21 heavy (non-hydrogen) atoms. The Labute approximate surface area is 124 Å². The van der Waals surface area contributed by atoms with Crippen LogP contribution in [0, 0.1) is 5.92 Å². The van der Waals surface area contributed by atoms with Crippen LogP contribution in [-0.4, -0.2) is 26.8 Å². The van der Waals surface area contributed by atoms with Gasteiger partial charge in [0.25, 0.3) is 0 Å². The Morgan fingerprint density at radius 1 is 1.43 bits per heavy atom. The fourth-order valence-electron chi connectivity index (χ4n) is 2.65. The summed E-state index contributed by atoms with van der Waals surface area (Å²) in [6.45, 7) is 4.68. The lowest BCUT2D eigenvalue weighted by molar-refractivity contribution is 0.341. The molecule has 2 N–H and O–H groups in total. The number of hydrogen-bond donors (Lipinski definition) is 1. The molecule has 0 spiro atoms. The number of aromatic nitrogens is 4. The molecule has 1 aromatic heterocycles. The molecule has 0 saturated heterocycles. The fourth-order valence-corrected chi connectivity index (χ4v) is 2.65. The third-order valence-electron chi connectivity index (χ3n) is 3.86. The second kappa shape index (κ2) is 5.71. The highest BCUT2D eigenvalue weighted by Gasteiger charge is 2.27. The van der Waals surface area contributed by atoms with E-state index >= 15 is 0 Å². The van der Waals surface area contributed by atoms with Gasteiger partial charge in [-0.3, -0.25) is 0 Å². The first-order valence-corrected chi connectivity index (χ1v) is 7.50. The summed E-state index contributed by atoms with van der Waals surface area (Å²) in [5, 5.41) is 12.2. The van der Waals surface area contributed by atoms with Crippen LogP contribution in [0.5, 0.6) is 5.75 Å². The van der Waals surface area contributed by atoms with Crippen LogP contribution in [0.15, 0.2) is 18.2 Å². The van der Waals surface area contributed by atoms with Gasteiger partial charge < -0.3 is 10.5 Å². The topological polar surface area (TPSA) is 78.8 Å². The van der Waals surface area contributed by atoms with E-state index in [1.165, 1.54) is 12.8 Å². The number of nitrogens with two attached hydrogens (primary N) is 1. The Kier molecular flexibility index (Phi) is 3.77. The van der Waals surface area contributed by atoms with Crippen LogP contribution < -0.4 is 10.5 Å². The molecule has 3 rings (SSSR count). The summed E-state index contributed by atoms with van der Waals surface area (Å²) in [6, 6.07) is 5.89. The molecule has 1 heterocycles.